The van der Waals surface area contributed by atoms with Gasteiger partial charge in [-0.05, 0) is 41.2 Å². The van der Waals surface area contributed by atoms with E-state index in [2.05, 4.69) is 43.4 Å². The molecular formula is C32H28IN5O7S2. The summed E-state index contributed by atoms with van der Waals surface area (Å²) < 4.78 is 19.9. The molecule has 3 aliphatic rings. The number of benzene rings is 2. The van der Waals surface area contributed by atoms with Crippen molar-refractivity contribution in [3.05, 3.63) is 106 Å². The van der Waals surface area contributed by atoms with Crippen LogP contribution in [0.4, 0.5) is 5.13 Å². The van der Waals surface area contributed by atoms with Crippen LogP contribution in [-0.2, 0) is 39.9 Å². The Bertz CT molecular complexity index is 1710. The highest BCUT2D eigenvalue weighted by molar-refractivity contribution is 14.1. The third-order valence-electron chi connectivity index (χ3n) is 7.67. The Hall–Kier alpha value is -4.06. The van der Waals surface area contributed by atoms with Gasteiger partial charge < -0.3 is 24.8 Å². The maximum absolute atomic E-state index is 13.9. The number of esters is 1. The topological polar surface area (TPSA) is 162 Å². The van der Waals surface area contributed by atoms with E-state index in [4.69, 9.17) is 9.57 Å². The molecule has 3 aromatic rings. The molecule has 0 bridgehead atoms. The zero-order valence-corrected chi connectivity index (χ0v) is 28.4. The summed E-state index contributed by atoms with van der Waals surface area (Å²) in [7, 11) is 0. The first-order valence-electron chi connectivity index (χ1n) is 14.6. The number of carbonyl (C=O) groups is 4. The van der Waals surface area contributed by atoms with Crippen molar-refractivity contribution in [3.8, 4) is 0 Å². The van der Waals surface area contributed by atoms with Gasteiger partial charge in [0, 0.05) is 15.4 Å². The standard InChI is InChI=1S/C32H28IN5O7S2/c33-15-21-17-47(43)30-25(36-28(40)24(37-45-22-13-7-8-14-22)23-16-46-32(35-23)34-18-39)29(41)38(30)26(21)31(42)44-27(19-9-3-1-4-10-19)20-11-5-2-6-12-20/h1-7,9-13,16,18,22,25,27,30H,8,14-15,17H2,(H,36,40)(H,34,35,39)/b37-24-/t22?,25-,30-,47?/m1/s1. The van der Waals surface area contributed by atoms with Crippen molar-refractivity contribution in [3.63, 3.8) is 0 Å². The number of fused-ring (bicyclic) bond motifs is 1. The summed E-state index contributed by atoms with van der Waals surface area (Å²) in [6.45, 7) is 0. The molecule has 1 fully saturated rings. The van der Waals surface area contributed by atoms with Gasteiger partial charge in [0.1, 0.15) is 23.2 Å². The van der Waals surface area contributed by atoms with Crippen LogP contribution in [-0.4, -0.2) is 72.0 Å². The predicted octanol–water partition coefficient (Wildman–Crippen LogP) is 3.59. The molecule has 6 rings (SSSR count). The van der Waals surface area contributed by atoms with Crippen LogP contribution in [0.25, 0.3) is 0 Å². The van der Waals surface area contributed by atoms with Gasteiger partial charge in [0.15, 0.2) is 23.0 Å². The Morgan fingerprint density at radius 2 is 1.87 bits per heavy atom. The third-order valence-corrected chi connectivity index (χ3v) is 11.0. The first-order chi connectivity index (χ1) is 22.9. The fourth-order valence-corrected chi connectivity index (χ4v) is 8.75. The number of alkyl halides is 1. The number of hydrogen-bond acceptors (Lipinski definition) is 10. The molecule has 4 atom stereocenters. The van der Waals surface area contributed by atoms with Crippen LogP contribution < -0.4 is 10.6 Å². The van der Waals surface area contributed by atoms with Crippen molar-refractivity contribution in [1.82, 2.24) is 15.2 Å². The number of rotatable bonds is 12. The number of allylic oxidation sites excluding steroid dienone is 1. The molecule has 1 aromatic heterocycles. The number of anilines is 1. The average molecular weight is 786 g/mol. The normalized spacial score (nSPS) is 22.1. The second-order valence-corrected chi connectivity index (χ2v) is 13.8. The molecule has 3 amide bonds. The van der Waals surface area contributed by atoms with Gasteiger partial charge in [-0.25, -0.2) is 9.78 Å². The Kier molecular flexibility index (Phi) is 10.3. The van der Waals surface area contributed by atoms with Crippen molar-refractivity contribution >= 4 is 80.1 Å². The molecule has 15 heteroatoms. The first-order valence-corrected chi connectivity index (χ1v) is 18.3. The van der Waals surface area contributed by atoms with E-state index in [1.54, 1.807) is 0 Å². The number of aromatic nitrogens is 1. The van der Waals surface area contributed by atoms with E-state index in [1.807, 2.05) is 72.8 Å². The number of carbonyl (C=O) groups excluding carboxylic acids is 4. The molecule has 0 saturated carbocycles. The molecule has 2 aliphatic heterocycles. The minimum absolute atomic E-state index is 0.0282. The van der Waals surface area contributed by atoms with Gasteiger partial charge >= 0.3 is 5.97 Å². The number of ether oxygens (including phenoxy) is 1. The molecular weight excluding hydrogens is 757 g/mol. The van der Waals surface area contributed by atoms with Gasteiger partial charge in [-0.3, -0.25) is 19.3 Å². The Balaban J connectivity index is 1.24. The summed E-state index contributed by atoms with van der Waals surface area (Å²) in [5.74, 6) is -2.10. The van der Waals surface area contributed by atoms with Gasteiger partial charge in [-0.2, -0.15) is 0 Å². The van der Waals surface area contributed by atoms with Gasteiger partial charge in [0.25, 0.3) is 11.8 Å². The maximum Gasteiger partial charge on any atom is 0.356 e. The van der Waals surface area contributed by atoms with Crippen LogP contribution >= 0.6 is 33.9 Å². The van der Waals surface area contributed by atoms with E-state index in [9.17, 15) is 23.7 Å². The van der Waals surface area contributed by atoms with Gasteiger partial charge in [0.2, 0.25) is 11.8 Å². The van der Waals surface area contributed by atoms with Crippen molar-refractivity contribution < 1.29 is 33.3 Å². The average Bonchev–Trinajstić information content (AvgIpc) is 3.79. The van der Waals surface area contributed by atoms with E-state index in [0.717, 1.165) is 28.9 Å². The number of oxime groups is 1. The van der Waals surface area contributed by atoms with Crippen molar-refractivity contribution in [2.75, 3.05) is 15.5 Å². The number of halogens is 1. The van der Waals surface area contributed by atoms with E-state index in [1.165, 1.54) is 10.3 Å². The molecule has 12 nitrogen and oxygen atoms in total. The minimum Gasteiger partial charge on any atom is -0.614 e. The number of thiazole rings is 1. The maximum atomic E-state index is 13.9. The summed E-state index contributed by atoms with van der Waals surface area (Å²) in [6, 6.07) is 17.3. The van der Waals surface area contributed by atoms with Crippen molar-refractivity contribution in [2.24, 2.45) is 5.16 Å². The number of nitrogens with one attached hydrogen (secondary N) is 2. The highest BCUT2D eigenvalue weighted by Gasteiger charge is 2.61. The first kappa shape index (κ1) is 32.9. The predicted molar refractivity (Wildman–Crippen MR) is 184 cm³/mol. The summed E-state index contributed by atoms with van der Waals surface area (Å²) in [5, 5.41) is 9.89. The molecule has 2 aromatic carbocycles. The quantitative estimate of drug-likeness (QED) is 0.0324. The molecule has 0 radical (unpaired) electrons. The molecule has 0 spiro atoms. The minimum atomic E-state index is -1.63. The van der Waals surface area contributed by atoms with Crippen LogP contribution in [0.1, 0.15) is 35.8 Å². The molecule has 1 aliphatic carbocycles. The largest absolute Gasteiger partial charge is 0.614 e. The van der Waals surface area contributed by atoms with Crippen LogP contribution in [0.15, 0.2) is 94.6 Å². The Morgan fingerprint density at radius 1 is 1.17 bits per heavy atom. The SMILES string of the molecule is O=CNc1nc(/C(=N/OC2C=CCC2)C(=O)N[C@@H]2C(=O)N3C(C(=O)OC(c4ccccc4)c4ccccc4)=C(CI)C[S+]([O-])[C@H]23)cs1. The van der Waals surface area contributed by atoms with E-state index < -0.39 is 46.5 Å². The van der Waals surface area contributed by atoms with Crippen LogP contribution in [0.3, 0.4) is 0 Å². The lowest BCUT2D eigenvalue weighted by molar-refractivity contribution is -0.154. The fraction of sp³-hybridized carbons (Fsp3) is 0.250. The second kappa shape index (κ2) is 14.8. The number of amides is 3. The van der Waals surface area contributed by atoms with E-state index in [0.29, 0.717) is 22.8 Å². The zero-order chi connectivity index (χ0) is 32.9. The van der Waals surface area contributed by atoms with Crippen LogP contribution in [0.5, 0.6) is 0 Å². The highest BCUT2D eigenvalue weighted by atomic mass is 127. The molecule has 2 unspecified atom stereocenters. The summed E-state index contributed by atoms with van der Waals surface area (Å²) in [4.78, 5) is 63.1. The monoisotopic (exact) mass is 785 g/mol. The van der Waals surface area contributed by atoms with Crippen molar-refractivity contribution in [2.45, 2.75) is 36.5 Å². The Labute approximate surface area is 290 Å². The zero-order valence-electron chi connectivity index (χ0n) is 24.6. The fourth-order valence-electron chi connectivity index (χ4n) is 5.42. The summed E-state index contributed by atoms with van der Waals surface area (Å²) in [5.41, 5.74) is 1.94. The third kappa shape index (κ3) is 6.97. The molecule has 47 heavy (non-hydrogen) atoms. The number of hydrogen-bond donors (Lipinski definition) is 2. The van der Waals surface area contributed by atoms with Crippen molar-refractivity contribution in [1.29, 1.82) is 0 Å². The van der Waals surface area contributed by atoms with Gasteiger partial charge in [-0.15, -0.1) is 11.3 Å². The Morgan fingerprint density at radius 3 is 2.49 bits per heavy atom. The number of β-lactam (4-membered cyclic amide) rings is 1. The van der Waals surface area contributed by atoms with Gasteiger partial charge in [0.05, 0.1) is 0 Å². The lowest BCUT2D eigenvalue weighted by atomic mass is 10.0. The molecule has 2 N–H and O–H groups in total. The van der Waals surface area contributed by atoms with E-state index in [-0.39, 0.29) is 34.1 Å². The molecule has 1 saturated heterocycles. The summed E-state index contributed by atoms with van der Waals surface area (Å²) in [6.07, 6.45) is 4.63. The second-order valence-electron chi connectivity index (χ2n) is 10.7. The molecule has 242 valence electrons. The smallest absolute Gasteiger partial charge is 0.356 e. The highest BCUT2D eigenvalue weighted by Crippen LogP contribution is 2.39. The van der Waals surface area contributed by atoms with Gasteiger partial charge in [-0.1, -0.05) is 94.5 Å². The van der Waals surface area contributed by atoms with E-state index >= 15 is 0 Å². The lowest BCUT2D eigenvalue weighted by Crippen LogP contribution is -2.75. The lowest BCUT2D eigenvalue weighted by Gasteiger charge is -2.49. The molecule has 3 heterocycles. The summed E-state index contributed by atoms with van der Waals surface area (Å²) >= 11 is 1.51. The van der Waals surface area contributed by atoms with Crippen LogP contribution in [0.2, 0.25) is 0 Å². The number of nitrogens with zero attached hydrogens (tertiary/aromatic N) is 3. The van der Waals surface area contributed by atoms with Crippen LogP contribution in [0, 0.1) is 0 Å².